The minimum atomic E-state index is -0.448. The maximum Gasteiger partial charge on any atom is 0.311 e. The van der Waals surface area contributed by atoms with E-state index >= 15 is 0 Å². The monoisotopic (exact) mass is 426 g/mol. The summed E-state index contributed by atoms with van der Waals surface area (Å²) >= 11 is 0. The number of methoxy groups -OCH3 is 1. The first-order valence-corrected chi connectivity index (χ1v) is 12.5. The van der Waals surface area contributed by atoms with E-state index < -0.39 is 5.41 Å². The molecule has 4 fully saturated rings. The van der Waals surface area contributed by atoms with E-state index in [1.165, 1.54) is 12.7 Å². The van der Waals surface area contributed by atoms with Crippen molar-refractivity contribution in [2.45, 2.75) is 79.1 Å². The van der Waals surface area contributed by atoms with E-state index in [9.17, 15) is 14.4 Å². The van der Waals surface area contributed by atoms with Gasteiger partial charge in [-0.1, -0.05) is 38.8 Å². The lowest BCUT2D eigenvalue weighted by atomic mass is 9.33. The van der Waals surface area contributed by atoms with Crippen LogP contribution < -0.4 is 0 Å². The first-order chi connectivity index (χ1) is 14.6. The first-order valence-electron chi connectivity index (χ1n) is 12.5. The van der Waals surface area contributed by atoms with Gasteiger partial charge in [0.1, 0.15) is 11.6 Å². The Morgan fingerprint density at radius 3 is 2.45 bits per heavy atom. The van der Waals surface area contributed by atoms with Crippen LogP contribution in [-0.4, -0.2) is 24.6 Å². The van der Waals surface area contributed by atoms with Crippen molar-refractivity contribution in [3.8, 4) is 0 Å². The average Bonchev–Trinajstić information content (AvgIpc) is 2.74. The molecule has 0 unspecified atom stereocenters. The standard InChI is InChI=1S/C27H38O4/c1-15(2)17-14-27-12-9-20-25(3,10-6-11-26(20,4)24(30)31-5)21(27)13-16(17)22-18(28)7-8-19(29)23(22)27/h14-16,20-23H,6-13H2,1-5H3/t16-,20-,21-,22-,23+,25-,26+,27+/m0/s1. The third kappa shape index (κ3) is 2.57. The van der Waals surface area contributed by atoms with Crippen molar-refractivity contribution in [2.24, 2.45) is 51.8 Å². The Hall–Kier alpha value is -1.45. The van der Waals surface area contributed by atoms with Crippen LogP contribution in [-0.2, 0) is 19.1 Å². The molecule has 0 radical (unpaired) electrons. The van der Waals surface area contributed by atoms with E-state index in [2.05, 4.69) is 33.8 Å². The summed E-state index contributed by atoms with van der Waals surface area (Å²) in [5.41, 5.74) is 0.777. The predicted octanol–water partition coefficient (Wildman–Crippen LogP) is 5.15. The summed E-state index contributed by atoms with van der Waals surface area (Å²) < 4.78 is 5.30. The van der Waals surface area contributed by atoms with Gasteiger partial charge in [-0.15, -0.1) is 0 Å². The number of fused-ring (bicyclic) bond motifs is 1. The Bertz CT molecular complexity index is 870. The molecular weight excluding hydrogens is 388 g/mol. The molecule has 6 aliphatic rings. The van der Waals surface area contributed by atoms with Gasteiger partial charge in [0.2, 0.25) is 0 Å². The summed E-state index contributed by atoms with van der Waals surface area (Å²) in [5.74, 6) is 1.61. The number of carbonyl (C=O) groups excluding carboxylic acids is 3. The van der Waals surface area contributed by atoms with Crippen molar-refractivity contribution in [1.82, 2.24) is 0 Å². The van der Waals surface area contributed by atoms with E-state index in [4.69, 9.17) is 4.74 Å². The molecule has 0 N–H and O–H groups in total. The lowest BCUT2D eigenvalue weighted by molar-refractivity contribution is -0.201. The topological polar surface area (TPSA) is 60.4 Å². The van der Waals surface area contributed by atoms with Crippen molar-refractivity contribution < 1.29 is 19.1 Å². The number of Topliss-reactive ketones (excluding diaryl/α,β-unsaturated/α-hetero) is 2. The number of ether oxygens (including phenoxy) is 1. The Balaban J connectivity index is 1.65. The fourth-order valence-corrected chi connectivity index (χ4v) is 9.56. The summed E-state index contributed by atoms with van der Waals surface area (Å²) in [6, 6.07) is 0. The molecule has 0 aromatic rings. The zero-order valence-corrected chi connectivity index (χ0v) is 19.8. The summed E-state index contributed by atoms with van der Waals surface area (Å²) in [6.45, 7) is 9.00. The smallest absolute Gasteiger partial charge is 0.311 e. The van der Waals surface area contributed by atoms with Crippen LogP contribution in [0.15, 0.2) is 11.6 Å². The molecular formula is C27H38O4. The normalized spacial score (nSPS) is 48.6. The van der Waals surface area contributed by atoms with Gasteiger partial charge in [-0.2, -0.15) is 0 Å². The SMILES string of the molecule is COC(=O)[C@]1(C)CCC[C@]2(C)[C@@H]3C[C@H]4C(C(C)C)=C[C@@]3(CC[C@@H]21)[C@@H]1C(=O)CCC(=O)[C@@H]14. The highest BCUT2D eigenvalue weighted by Crippen LogP contribution is 2.74. The molecule has 2 bridgehead atoms. The molecule has 4 nitrogen and oxygen atoms in total. The van der Waals surface area contributed by atoms with Gasteiger partial charge in [-0.3, -0.25) is 14.4 Å². The van der Waals surface area contributed by atoms with Crippen LogP contribution in [0.25, 0.3) is 0 Å². The molecule has 1 spiro atoms. The Morgan fingerprint density at radius 1 is 1.06 bits per heavy atom. The number of allylic oxidation sites excluding steroid dienone is 2. The fourth-order valence-electron chi connectivity index (χ4n) is 9.56. The molecule has 0 heterocycles. The van der Waals surface area contributed by atoms with Crippen LogP contribution in [0.2, 0.25) is 0 Å². The highest BCUT2D eigenvalue weighted by molar-refractivity contribution is 5.98. The molecule has 0 aliphatic heterocycles. The summed E-state index contributed by atoms with van der Waals surface area (Å²) in [6.07, 6.45) is 9.25. The van der Waals surface area contributed by atoms with Crippen LogP contribution in [0.5, 0.6) is 0 Å². The van der Waals surface area contributed by atoms with Crippen LogP contribution in [0.1, 0.15) is 79.1 Å². The van der Waals surface area contributed by atoms with Crippen molar-refractivity contribution in [3.63, 3.8) is 0 Å². The molecule has 0 aromatic heterocycles. The van der Waals surface area contributed by atoms with Gasteiger partial charge in [0.05, 0.1) is 12.5 Å². The fraction of sp³-hybridized carbons (Fsp3) is 0.815. The van der Waals surface area contributed by atoms with Crippen LogP contribution >= 0.6 is 0 Å². The van der Waals surface area contributed by atoms with Crippen molar-refractivity contribution in [3.05, 3.63) is 11.6 Å². The molecule has 170 valence electrons. The second-order valence-electron chi connectivity index (χ2n) is 12.1. The van der Waals surface area contributed by atoms with E-state index in [-0.39, 0.29) is 40.5 Å². The quantitative estimate of drug-likeness (QED) is 0.453. The lowest BCUT2D eigenvalue weighted by Crippen LogP contribution is -2.67. The van der Waals surface area contributed by atoms with Gasteiger partial charge in [0.25, 0.3) is 0 Å². The van der Waals surface area contributed by atoms with Gasteiger partial charge < -0.3 is 4.74 Å². The van der Waals surface area contributed by atoms with Crippen LogP contribution in [0.3, 0.4) is 0 Å². The number of hydrogen-bond acceptors (Lipinski definition) is 4. The zero-order chi connectivity index (χ0) is 22.3. The summed E-state index contributed by atoms with van der Waals surface area (Å²) in [7, 11) is 1.51. The van der Waals surface area contributed by atoms with Crippen molar-refractivity contribution in [2.75, 3.05) is 7.11 Å². The zero-order valence-electron chi connectivity index (χ0n) is 19.8. The summed E-state index contributed by atoms with van der Waals surface area (Å²) in [5, 5.41) is 0. The average molecular weight is 427 g/mol. The van der Waals surface area contributed by atoms with Gasteiger partial charge in [-0.05, 0) is 68.1 Å². The maximum atomic E-state index is 13.4. The van der Waals surface area contributed by atoms with Gasteiger partial charge >= 0.3 is 5.97 Å². The Kier molecular flexibility index (Phi) is 4.68. The number of esters is 1. The molecule has 0 aromatic carbocycles. The Morgan fingerprint density at radius 2 is 1.77 bits per heavy atom. The molecule has 8 atom stereocenters. The van der Waals surface area contributed by atoms with E-state index in [0.29, 0.717) is 36.2 Å². The van der Waals surface area contributed by atoms with E-state index in [1.807, 2.05) is 0 Å². The number of carbonyl (C=O) groups is 3. The highest BCUT2D eigenvalue weighted by atomic mass is 16.5. The van der Waals surface area contributed by atoms with Gasteiger partial charge in [0, 0.05) is 30.1 Å². The van der Waals surface area contributed by atoms with Gasteiger partial charge in [-0.25, -0.2) is 0 Å². The molecule has 4 saturated carbocycles. The third-order valence-corrected chi connectivity index (χ3v) is 10.7. The minimum absolute atomic E-state index is 0.00242. The highest BCUT2D eigenvalue weighted by Gasteiger charge is 2.70. The molecule has 0 saturated heterocycles. The van der Waals surface area contributed by atoms with Crippen LogP contribution in [0.4, 0.5) is 0 Å². The first kappa shape index (κ1) is 21.4. The molecule has 4 heteroatoms. The largest absolute Gasteiger partial charge is 0.469 e. The second kappa shape index (κ2) is 6.78. The number of hydrogen-bond donors (Lipinski definition) is 0. The van der Waals surface area contributed by atoms with Crippen molar-refractivity contribution in [1.29, 1.82) is 0 Å². The number of ketones is 2. The molecule has 6 aliphatic carbocycles. The molecule has 6 rings (SSSR count). The van der Waals surface area contributed by atoms with Crippen LogP contribution in [0, 0.1) is 51.8 Å². The summed E-state index contributed by atoms with van der Waals surface area (Å²) in [4.78, 5) is 39.5. The minimum Gasteiger partial charge on any atom is -0.469 e. The Labute approximate surface area is 186 Å². The van der Waals surface area contributed by atoms with E-state index in [0.717, 1.165) is 38.5 Å². The van der Waals surface area contributed by atoms with E-state index in [1.54, 1.807) is 0 Å². The van der Waals surface area contributed by atoms with Gasteiger partial charge in [0.15, 0.2) is 0 Å². The third-order valence-electron chi connectivity index (χ3n) is 10.7. The lowest BCUT2D eigenvalue weighted by Gasteiger charge is -2.70. The predicted molar refractivity (Wildman–Crippen MR) is 118 cm³/mol. The number of rotatable bonds is 2. The second-order valence-corrected chi connectivity index (χ2v) is 12.1. The van der Waals surface area contributed by atoms with Crippen molar-refractivity contribution >= 4 is 17.5 Å². The maximum absolute atomic E-state index is 13.4. The molecule has 31 heavy (non-hydrogen) atoms. The molecule has 0 amide bonds.